The number of nitrogens with zero attached hydrogens (tertiary/aromatic N) is 1. The molecule has 0 aromatic heterocycles. The Morgan fingerprint density at radius 3 is 2.39 bits per heavy atom. The van der Waals surface area contributed by atoms with E-state index < -0.39 is 29.8 Å². The quantitative estimate of drug-likeness (QED) is 0.448. The van der Waals surface area contributed by atoms with Gasteiger partial charge in [0, 0.05) is 19.5 Å². The molecular formula is C11H16N2O5. The van der Waals surface area contributed by atoms with Crippen LogP contribution in [-0.4, -0.2) is 53.6 Å². The molecule has 1 aliphatic rings. The fourth-order valence-corrected chi connectivity index (χ4v) is 2.12. The van der Waals surface area contributed by atoms with E-state index in [9.17, 15) is 19.2 Å². The monoisotopic (exact) mass is 256 g/mol. The maximum atomic E-state index is 11.8. The highest BCUT2D eigenvalue weighted by Crippen LogP contribution is 2.31. The highest BCUT2D eigenvalue weighted by atomic mass is 16.4. The van der Waals surface area contributed by atoms with Crippen LogP contribution in [0.5, 0.6) is 0 Å². The molecule has 0 heterocycles. The number of nitrogens with two attached hydrogens (primary N) is 1. The number of hydrogen-bond donors (Lipinski definition) is 2. The van der Waals surface area contributed by atoms with Crippen molar-refractivity contribution >= 4 is 24.4 Å². The van der Waals surface area contributed by atoms with Crippen LogP contribution in [0.1, 0.15) is 12.8 Å². The fourth-order valence-electron chi connectivity index (χ4n) is 2.12. The van der Waals surface area contributed by atoms with Gasteiger partial charge in [0.15, 0.2) is 0 Å². The minimum atomic E-state index is -0.997. The first-order valence-electron chi connectivity index (χ1n) is 5.57. The molecule has 0 aromatic rings. The maximum absolute atomic E-state index is 11.8. The molecule has 18 heavy (non-hydrogen) atoms. The Balaban J connectivity index is 2.65. The van der Waals surface area contributed by atoms with Gasteiger partial charge in [-0.2, -0.15) is 0 Å². The normalized spacial score (nSPS) is 26.3. The Labute approximate surface area is 104 Å². The molecule has 0 saturated heterocycles. The summed E-state index contributed by atoms with van der Waals surface area (Å²) in [7, 11) is 1.44. The van der Waals surface area contributed by atoms with Crippen LogP contribution in [0.2, 0.25) is 0 Å². The molecule has 0 aromatic carbocycles. The summed E-state index contributed by atoms with van der Waals surface area (Å²) in [6, 6.07) is -0.958. The van der Waals surface area contributed by atoms with E-state index in [1.807, 2.05) is 0 Å². The molecule has 7 nitrogen and oxygen atoms in total. The number of aldehydes is 2. The van der Waals surface area contributed by atoms with E-state index in [4.69, 9.17) is 10.8 Å². The van der Waals surface area contributed by atoms with Crippen molar-refractivity contribution in [1.82, 2.24) is 4.90 Å². The summed E-state index contributed by atoms with van der Waals surface area (Å²) < 4.78 is 0. The van der Waals surface area contributed by atoms with Crippen molar-refractivity contribution in [1.29, 1.82) is 0 Å². The Kier molecular flexibility index (Phi) is 4.55. The average Bonchev–Trinajstić information content (AvgIpc) is 2.31. The van der Waals surface area contributed by atoms with Gasteiger partial charge in [-0.15, -0.1) is 0 Å². The van der Waals surface area contributed by atoms with Crippen molar-refractivity contribution < 1.29 is 24.3 Å². The highest BCUT2D eigenvalue weighted by Gasteiger charge is 2.47. The number of carbonyl (C=O) groups is 4. The van der Waals surface area contributed by atoms with Gasteiger partial charge < -0.3 is 25.3 Å². The largest absolute Gasteiger partial charge is 0.481 e. The van der Waals surface area contributed by atoms with Crippen LogP contribution in [0.3, 0.4) is 0 Å². The lowest BCUT2D eigenvalue weighted by atomic mass is 9.74. The van der Waals surface area contributed by atoms with Crippen molar-refractivity contribution in [3.05, 3.63) is 0 Å². The van der Waals surface area contributed by atoms with E-state index in [-0.39, 0.29) is 12.5 Å². The average molecular weight is 256 g/mol. The third-order valence-corrected chi connectivity index (χ3v) is 3.29. The zero-order valence-electron chi connectivity index (χ0n) is 9.98. The van der Waals surface area contributed by atoms with Crippen molar-refractivity contribution in [2.45, 2.75) is 24.9 Å². The Hall–Kier alpha value is -1.76. The number of carboxylic acid groups (broad SMARTS) is 1. The smallest absolute Gasteiger partial charge is 0.308 e. The number of carboxylic acids is 1. The second kappa shape index (κ2) is 5.72. The van der Waals surface area contributed by atoms with Crippen LogP contribution in [0.25, 0.3) is 0 Å². The first-order chi connectivity index (χ1) is 8.42. The lowest BCUT2D eigenvalue weighted by Gasteiger charge is -2.45. The minimum absolute atomic E-state index is 0.251. The van der Waals surface area contributed by atoms with Gasteiger partial charge in [0.2, 0.25) is 5.91 Å². The highest BCUT2D eigenvalue weighted by molar-refractivity contribution is 5.87. The Bertz CT molecular complexity index is 362. The van der Waals surface area contributed by atoms with Gasteiger partial charge in [0.25, 0.3) is 0 Å². The summed E-state index contributed by atoms with van der Waals surface area (Å²) in [6.07, 6.45) is 0.865. The SMILES string of the molecule is CN(C(=O)CC(C=O)C=O)C1C(N)CC1C(=O)O. The fraction of sp³-hybridized carbons (Fsp3) is 0.636. The van der Waals surface area contributed by atoms with E-state index in [0.717, 1.165) is 0 Å². The van der Waals surface area contributed by atoms with E-state index in [1.165, 1.54) is 11.9 Å². The lowest BCUT2D eigenvalue weighted by Crippen LogP contribution is -2.63. The second-order valence-corrected chi connectivity index (χ2v) is 4.48. The van der Waals surface area contributed by atoms with Crippen LogP contribution >= 0.6 is 0 Å². The van der Waals surface area contributed by atoms with E-state index in [1.54, 1.807) is 0 Å². The number of carbonyl (C=O) groups excluding carboxylic acids is 3. The Morgan fingerprint density at radius 2 is 2.00 bits per heavy atom. The van der Waals surface area contributed by atoms with Crippen molar-refractivity contribution in [3.8, 4) is 0 Å². The molecule has 1 saturated carbocycles. The third-order valence-electron chi connectivity index (χ3n) is 3.29. The summed E-state index contributed by atoms with van der Waals surface area (Å²) >= 11 is 0. The molecule has 3 unspecified atom stereocenters. The predicted octanol–water partition coefficient (Wildman–Crippen LogP) is -1.35. The summed E-state index contributed by atoms with van der Waals surface area (Å²) in [5.74, 6) is -3.12. The molecule has 3 atom stereocenters. The minimum Gasteiger partial charge on any atom is -0.481 e. The zero-order chi connectivity index (χ0) is 13.9. The molecular weight excluding hydrogens is 240 g/mol. The van der Waals surface area contributed by atoms with Crippen LogP contribution in [0.15, 0.2) is 0 Å². The summed E-state index contributed by atoms with van der Waals surface area (Å²) in [4.78, 5) is 44.8. The topological polar surface area (TPSA) is 118 Å². The van der Waals surface area contributed by atoms with Crippen molar-refractivity contribution in [2.24, 2.45) is 17.6 Å². The first-order valence-corrected chi connectivity index (χ1v) is 5.57. The number of amides is 1. The van der Waals surface area contributed by atoms with Gasteiger partial charge >= 0.3 is 5.97 Å². The van der Waals surface area contributed by atoms with Crippen molar-refractivity contribution in [3.63, 3.8) is 0 Å². The van der Waals surface area contributed by atoms with Crippen LogP contribution < -0.4 is 5.73 Å². The van der Waals surface area contributed by atoms with Gasteiger partial charge in [0.1, 0.15) is 12.6 Å². The van der Waals surface area contributed by atoms with Crippen LogP contribution in [-0.2, 0) is 19.2 Å². The van der Waals surface area contributed by atoms with Crippen LogP contribution in [0.4, 0.5) is 0 Å². The number of aliphatic carboxylic acids is 1. The molecule has 0 aliphatic heterocycles. The standard InChI is InChI=1S/C11H16N2O5/c1-13(9(16)2-6(4-14)5-15)10-7(11(17)18)3-8(10)12/h4-8,10H,2-3,12H2,1H3,(H,17,18). The van der Waals surface area contributed by atoms with Crippen LogP contribution in [0, 0.1) is 11.8 Å². The molecule has 7 heteroatoms. The maximum Gasteiger partial charge on any atom is 0.308 e. The van der Waals surface area contributed by atoms with Gasteiger partial charge in [-0.05, 0) is 6.42 Å². The molecule has 1 fully saturated rings. The van der Waals surface area contributed by atoms with Gasteiger partial charge in [-0.3, -0.25) is 9.59 Å². The zero-order valence-corrected chi connectivity index (χ0v) is 9.98. The molecule has 0 radical (unpaired) electrons. The number of rotatable bonds is 6. The van der Waals surface area contributed by atoms with Crippen molar-refractivity contribution in [2.75, 3.05) is 7.05 Å². The first kappa shape index (κ1) is 14.3. The predicted molar refractivity (Wildman–Crippen MR) is 60.5 cm³/mol. The van der Waals surface area contributed by atoms with Gasteiger partial charge in [-0.1, -0.05) is 0 Å². The van der Waals surface area contributed by atoms with Gasteiger partial charge in [-0.25, -0.2) is 0 Å². The molecule has 100 valence electrons. The molecule has 1 rings (SSSR count). The molecule has 0 spiro atoms. The van der Waals surface area contributed by atoms with E-state index >= 15 is 0 Å². The Morgan fingerprint density at radius 1 is 1.44 bits per heavy atom. The summed E-state index contributed by atoms with van der Waals surface area (Å²) in [5.41, 5.74) is 5.69. The molecule has 3 N–H and O–H groups in total. The third kappa shape index (κ3) is 2.73. The molecule has 1 aliphatic carbocycles. The van der Waals surface area contributed by atoms with E-state index in [2.05, 4.69) is 0 Å². The summed E-state index contributed by atoms with van der Waals surface area (Å²) in [5, 5.41) is 8.92. The lowest BCUT2D eigenvalue weighted by molar-refractivity contribution is -0.153. The summed E-state index contributed by atoms with van der Waals surface area (Å²) in [6.45, 7) is 0. The van der Waals surface area contributed by atoms with Gasteiger partial charge in [0.05, 0.1) is 17.9 Å². The second-order valence-electron chi connectivity index (χ2n) is 4.48. The molecule has 0 bridgehead atoms. The molecule has 1 amide bonds. The number of likely N-dealkylation sites (N-methyl/N-ethyl adjacent to an activating group) is 1. The van der Waals surface area contributed by atoms with E-state index in [0.29, 0.717) is 19.0 Å². The number of hydrogen-bond acceptors (Lipinski definition) is 5.